The van der Waals surface area contributed by atoms with E-state index in [1.165, 1.54) is 21.2 Å². The van der Waals surface area contributed by atoms with Gasteiger partial charge in [-0.15, -0.1) is 0 Å². The molecule has 2 heterocycles. The van der Waals surface area contributed by atoms with Crippen molar-refractivity contribution in [3.63, 3.8) is 0 Å². The highest BCUT2D eigenvalue weighted by Gasteiger charge is 2.40. The van der Waals surface area contributed by atoms with Crippen LogP contribution >= 0.6 is 0 Å². The molecule has 7 nitrogen and oxygen atoms in total. The largest absolute Gasteiger partial charge is 0.392 e. The summed E-state index contributed by atoms with van der Waals surface area (Å²) in [4.78, 5) is 29.7. The molecule has 7 rings (SSSR count). The number of ether oxygens (including phenoxy) is 2. The topological polar surface area (TPSA) is 79.3 Å². The molecular formula is C40H38N2O5. The molecule has 5 atom stereocenters. The SMILES string of the molecule is C[C@H]1[C@@H](CN(C)[C@H](C)c2ccc3ccccc3c2)O[C@@H](c2ccc(N3C(=O)c4ccccc4C3=O)cc2)O[C@H]1c1ccc(CO)cc1. The summed E-state index contributed by atoms with van der Waals surface area (Å²) in [5.41, 5.74) is 5.21. The van der Waals surface area contributed by atoms with Gasteiger partial charge in [0.05, 0.1) is 35.6 Å². The second kappa shape index (κ2) is 12.9. The summed E-state index contributed by atoms with van der Waals surface area (Å²) in [5.74, 6) is -0.630. The normalized spacial score (nSPS) is 21.8. The van der Waals surface area contributed by atoms with Crippen molar-refractivity contribution >= 4 is 28.3 Å². The maximum absolute atomic E-state index is 13.1. The van der Waals surface area contributed by atoms with E-state index in [1.807, 2.05) is 36.4 Å². The van der Waals surface area contributed by atoms with Crippen LogP contribution in [0.3, 0.4) is 0 Å². The summed E-state index contributed by atoms with van der Waals surface area (Å²) in [6, 6.07) is 37.2. The Morgan fingerprint density at radius 1 is 0.766 bits per heavy atom. The van der Waals surface area contributed by atoms with Gasteiger partial charge in [-0.3, -0.25) is 14.5 Å². The van der Waals surface area contributed by atoms with Crippen molar-refractivity contribution in [3.8, 4) is 0 Å². The van der Waals surface area contributed by atoms with E-state index in [4.69, 9.17) is 9.47 Å². The molecule has 238 valence electrons. The van der Waals surface area contributed by atoms with Gasteiger partial charge >= 0.3 is 0 Å². The van der Waals surface area contributed by atoms with Gasteiger partial charge in [0, 0.05) is 24.1 Å². The van der Waals surface area contributed by atoms with Crippen molar-refractivity contribution in [1.82, 2.24) is 4.90 Å². The molecule has 1 N–H and O–H groups in total. The second-order valence-electron chi connectivity index (χ2n) is 12.6. The fourth-order valence-electron chi connectivity index (χ4n) is 6.70. The molecule has 0 spiro atoms. The Hall–Kier alpha value is -4.66. The minimum Gasteiger partial charge on any atom is -0.392 e. The molecule has 5 aromatic rings. The Balaban J connectivity index is 1.14. The first kappa shape index (κ1) is 31.0. The molecule has 0 radical (unpaired) electrons. The number of amides is 2. The Morgan fingerprint density at radius 2 is 1.38 bits per heavy atom. The molecular weight excluding hydrogens is 588 g/mol. The number of nitrogens with zero attached hydrogens (tertiary/aromatic N) is 2. The highest BCUT2D eigenvalue weighted by Crippen LogP contribution is 2.43. The van der Waals surface area contributed by atoms with Gasteiger partial charge in [-0.05, 0) is 71.8 Å². The molecule has 47 heavy (non-hydrogen) atoms. The molecule has 2 aliphatic rings. The summed E-state index contributed by atoms with van der Waals surface area (Å²) in [5, 5.41) is 12.1. The van der Waals surface area contributed by atoms with Crippen LogP contribution in [0.2, 0.25) is 0 Å². The number of imide groups is 1. The Morgan fingerprint density at radius 3 is 2.04 bits per heavy atom. The third-order valence-corrected chi connectivity index (χ3v) is 9.73. The van der Waals surface area contributed by atoms with E-state index in [9.17, 15) is 14.7 Å². The van der Waals surface area contributed by atoms with Crippen LogP contribution in [0.4, 0.5) is 5.69 Å². The fourth-order valence-corrected chi connectivity index (χ4v) is 6.70. The lowest BCUT2D eigenvalue weighted by molar-refractivity contribution is -0.276. The van der Waals surface area contributed by atoms with Crippen molar-refractivity contribution in [2.24, 2.45) is 5.92 Å². The predicted octanol–water partition coefficient (Wildman–Crippen LogP) is 7.62. The van der Waals surface area contributed by atoms with Gasteiger partial charge in [0.25, 0.3) is 11.8 Å². The number of likely N-dealkylation sites (N-methyl/N-ethyl adjacent to an activating group) is 1. The van der Waals surface area contributed by atoms with Crippen LogP contribution in [0, 0.1) is 5.92 Å². The quantitative estimate of drug-likeness (QED) is 0.179. The maximum Gasteiger partial charge on any atom is 0.266 e. The predicted molar refractivity (Wildman–Crippen MR) is 182 cm³/mol. The molecule has 5 aromatic carbocycles. The van der Waals surface area contributed by atoms with Crippen LogP contribution in [-0.2, 0) is 16.1 Å². The average Bonchev–Trinajstić information content (AvgIpc) is 3.37. The summed E-state index contributed by atoms with van der Waals surface area (Å²) >= 11 is 0. The molecule has 0 aliphatic carbocycles. The Bertz CT molecular complexity index is 1890. The first-order chi connectivity index (χ1) is 22.8. The highest BCUT2D eigenvalue weighted by molar-refractivity contribution is 6.34. The lowest BCUT2D eigenvalue weighted by Gasteiger charge is -2.43. The van der Waals surface area contributed by atoms with E-state index in [1.54, 1.807) is 36.4 Å². The zero-order valence-corrected chi connectivity index (χ0v) is 26.7. The van der Waals surface area contributed by atoms with Gasteiger partial charge in [0.1, 0.15) is 0 Å². The van der Waals surface area contributed by atoms with Gasteiger partial charge in [-0.2, -0.15) is 0 Å². The number of hydrogen-bond donors (Lipinski definition) is 1. The van der Waals surface area contributed by atoms with E-state index in [-0.39, 0.29) is 42.6 Å². The number of hydrogen-bond acceptors (Lipinski definition) is 6. The maximum atomic E-state index is 13.1. The van der Waals surface area contributed by atoms with Crippen LogP contribution in [0.5, 0.6) is 0 Å². The second-order valence-corrected chi connectivity index (χ2v) is 12.6. The minimum absolute atomic E-state index is 0.0212. The van der Waals surface area contributed by atoms with Gasteiger partial charge in [0.2, 0.25) is 0 Å². The molecule has 1 fully saturated rings. The fraction of sp³-hybridized carbons (Fsp3) is 0.250. The van der Waals surface area contributed by atoms with Crippen molar-refractivity contribution in [3.05, 3.63) is 149 Å². The number of fused-ring (bicyclic) bond motifs is 2. The Labute approximate surface area is 275 Å². The number of benzene rings is 5. The molecule has 2 aliphatic heterocycles. The molecule has 1 saturated heterocycles. The molecule has 7 heteroatoms. The number of carbonyl (C=O) groups excluding carboxylic acids is 2. The van der Waals surface area contributed by atoms with Crippen LogP contribution in [0.1, 0.15) is 75.3 Å². The van der Waals surface area contributed by atoms with E-state index >= 15 is 0 Å². The lowest BCUT2D eigenvalue weighted by Crippen LogP contribution is -2.44. The van der Waals surface area contributed by atoms with Crippen LogP contribution < -0.4 is 4.90 Å². The minimum atomic E-state index is -0.667. The summed E-state index contributed by atoms with van der Waals surface area (Å²) < 4.78 is 13.4. The third-order valence-electron chi connectivity index (χ3n) is 9.73. The van der Waals surface area contributed by atoms with Crippen LogP contribution in [0.25, 0.3) is 10.8 Å². The lowest BCUT2D eigenvalue weighted by atomic mass is 9.89. The zero-order chi connectivity index (χ0) is 32.7. The Kier molecular flexibility index (Phi) is 8.47. The van der Waals surface area contributed by atoms with E-state index in [0.29, 0.717) is 23.4 Å². The molecule has 0 bridgehead atoms. The number of anilines is 1. The molecule has 0 unspecified atom stereocenters. The van der Waals surface area contributed by atoms with Crippen molar-refractivity contribution < 1.29 is 24.2 Å². The number of aliphatic hydroxyl groups excluding tert-OH is 1. The zero-order valence-electron chi connectivity index (χ0n) is 26.7. The van der Waals surface area contributed by atoms with E-state index < -0.39 is 6.29 Å². The summed E-state index contributed by atoms with van der Waals surface area (Å²) in [6.07, 6.45) is -1.09. The van der Waals surface area contributed by atoms with Gasteiger partial charge in [-0.25, -0.2) is 4.90 Å². The average molecular weight is 627 g/mol. The smallest absolute Gasteiger partial charge is 0.266 e. The van der Waals surface area contributed by atoms with Crippen molar-refractivity contribution in [2.45, 2.75) is 45.0 Å². The molecule has 0 aromatic heterocycles. The summed E-state index contributed by atoms with van der Waals surface area (Å²) in [6.45, 7) is 5.03. The van der Waals surface area contributed by atoms with Gasteiger partial charge in [-0.1, -0.05) is 91.9 Å². The van der Waals surface area contributed by atoms with Crippen LogP contribution in [-0.4, -0.2) is 41.5 Å². The highest BCUT2D eigenvalue weighted by atomic mass is 16.7. The van der Waals surface area contributed by atoms with Crippen molar-refractivity contribution in [2.75, 3.05) is 18.5 Å². The van der Waals surface area contributed by atoms with E-state index in [2.05, 4.69) is 68.3 Å². The number of aliphatic hydroxyl groups is 1. The first-order valence-electron chi connectivity index (χ1n) is 16.1. The first-order valence-corrected chi connectivity index (χ1v) is 16.1. The van der Waals surface area contributed by atoms with Gasteiger partial charge in [0.15, 0.2) is 6.29 Å². The van der Waals surface area contributed by atoms with Crippen molar-refractivity contribution in [1.29, 1.82) is 0 Å². The number of carbonyl (C=O) groups is 2. The number of rotatable bonds is 8. The van der Waals surface area contributed by atoms with Crippen LogP contribution in [0.15, 0.2) is 115 Å². The summed E-state index contributed by atoms with van der Waals surface area (Å²) in [7, 11) is 2.13. The third kappa shape index (κ3) is 5.88. The van der Waals surface area contributed by atoms with Gasteiger partial charge < -0.3 is 14.6 Å². The standard InChI is InChI=1S/C40H38N2O5/c1-25-36(23-41(3)26(2)31-17-16-28-8-4-5-9-32(28)22-31)46-40(47-37(25)29-14-12-27(24-43)13-15-29)30-18-20-33(21-19-30)42-38(44)34-10-6-7-11-35(34)39(42)45/h4-22,25-26,36-37,40,43H,23-24H2,1-3H3/t25-,26+,36+,37+,40+/m0/s1. The molecule has 2 amide bonds. The molecule has 0 saturated carbocycles. The van der Waals surface area contributed by atoms with E-state index in [0.717, 1.165) is 16.7 Å². The monoisotopic (exact) mass is 626 g/mol.